The number of nitrogens with zero attached hydrogens (tertiary/aromatic N) is 4. The third-order valence-electron chi connectivity index (χ3n) is 4.36. The Morgan fingerprint density at radius 1 is 1.12 bits per heavy atom. The number of amides is 2. The van der Waals surface area contributed by atoms with Crippen LogP contribution in [0.5, 0.6) is 0 Å². The zero-order valence-corrected chi connectivity index (χ0v) is 14.3. The largest absolute Gasteiger partial charge is 0.330 e. The van der Waals surface area contributed by atoms with Gasteiger partial charge in [0.15, 0.2) is 0 Å². The molecule has 1 fully saturated rings. The minimum Gasteiger partial charge on any atom is -0.330 e. The molecule has 0 saturated carbocycles. The molecule has 2 aromatic rings. The number of benzene rings is 1. The average molecular weight is 326 g/mol. The van der Waals surface area contributed by atoms with Gasteiger partial charge in [-0.25, -0.2) is 0 Å². The number of carbonyl (C=O) groups is 2. The van der Waals surface area contributed by atoms with Crippen LogP contribution < -0.4 is 4.90 Å². The number of aryl methyl sites for hydroxylation is 2. The lowest BCUT2D eigenvalue weighted by Gasteiger charge is -2.35. The molecule has 6 nitrogen and oxygen atoms in total. The molecular formula is C18H22N4O2. The zero-order chi connectivity index (χ0) is 17.3. The number of hydrogen-bond acceptors (Lipinski definition) is 3. The van der Waals surface area contributed by atoms with Gasteiger partial charge in [0.05, 0.1) is 6.20 Å². The number of carbonyl (C=O) groups excluding carboxylic acids is 2. The smallest absolute Gasteiger partial charge is 0.247 e. The van der Waals surface area contributed by atoms with E-state index in [0.717, 1.165) is 16.8 Å². The van der Waals surface area contributed by atoms with Gasteiger partial charge < -0.3 is 9.80 Å². The van der Waals surface area contributed by atoms with Gasteiger partial charge in [-0.2, -0.15) is 5.10 Å². The van der Waals surface area contributed by atoms with E-state index in [4.69, 9.17) is 0 Å². The lowest BCUT2D eigenvalue weighted by molar-refractivity contribution is -0.139. The maximum Gasteiger partial charge on any atom is 0.247 e. The van der Waals surface area contributed by atoms with E-state index in [0.29, 0.717) is 13.1 Å². The Morgan fingerprint density at radius 2 is 1.83 bits per heavy atom. The lowest BCUT2D eigenvalue weighted by Crippen LogP contribution is -2.53. The molecule has 1 aromatic carbocycles. The molecule has 0 unspecified atom stereocenters. The number of piperazine rings is 1. The summed E-state index contributed by atoms with van der Waals surface area (Å²) >= 11 is 0. The van der Waals surface area contributed by atoms with Crippen molar-refractivity contribution in [3.05, 3.63) is 47.8 Å². The van der Waals surface area contributed by atoms with Crippen LogP contribution in [-0.4, -0.2) is 46.1 Å². The van der Waals surface area contributed by atoms with Gasteiger partial charge in [-0.1, -0.05) is 17.7 Å². The first kappa shape index (κ1) is 16.2. The summed E-state index contributed by atoms with van der Waals surface area (Å²) < 4.78 is 1.65. The Balaban J connectivity index is 1.67. The van der Waals surface area contributed by atoms with Gasteiger partial charge in [0, 0.05) is 25.0 Å². The van der Waals surface area contributed by atoms with Crippen LogP contribution in [0.15, 0.2) is 36.7 Å². The Hall–Kier alpha value is -2.63. The highest BCUT2D eigenvalue weighted by molar-refractivity contribution is 5.98. The van der Waals surface area contributed by atoms with Crippen molar-refractivity contribution in [2.45, 2.75) is 26.8 Å². The van der Waals surface area contributed by atoms with Crippen molar-refractivity contribution in [3.8, 4) is 0 Å². The molecule has 0 N–H and O–H groups in total. The molecule has 1 saturated heterocycles. The molecule has 126 valence electrons. The van der Waals surface area contributed by atoms with E-state index in [1.54, 1.807) is 20.7 Å². The number of hydrogen-bond donors (Lipinski definition) is 0. The second-order valence-electron chi connectivity index (χ2n) is 6.31. The molecule has 2 heterocycles. The van der Waals surface area contributed by atoms with Crippen molar-refractivity contribution in [3.63, 3.8) is 0 Å². The molecule has 0 radical (unpaired) electrons. The number of aromatic nitrogens is 2. The molecule has 0 bridgehead atoms. The van der Waals surface area contributed by atoms with Crippen LogP contribution in [-0.2, 0) is 9.59 Å². The molecule has 1 aliphatic heterocycles. The number of rotatable bonds is 3. The van der Waals surface area contributed by atoms with Crippen LogP contribution in [0.2, 0.25) is 0 Å². The highest BCUT2D eigenvalue weighted by Crippen LogP contribution is 2.19. The first-order valence-corrected chi connectivity index (χ1v) is 8.12. The van der Waals surface area contributed by atoms with Crippen LogP contribution in [0.3, 0.4) is 0 Å². The quantitative estimate of drug-likeness (QED) is 0.866. The monoisotopic (exact) mass is 326 g/mol. The predicted octanol–water partition coefficient (Wildman–Crippen LogP) is 1.94. The van der Waals surface area contributed by atoms with Crippen molar-refractivity contribution < 1.29 is 9.59 Å². The second kappa shape index (κ2) is 6.47. The molecule has 2 amide bonds. The van der Waals surface area contributed by atoms with Crippen LogP contribution in [0, 0.1) is 13.8 Å². The minimum absolute atomic E-state index is 0.0534. The van der Waals surface area contributed by atoms with Gasteiger partial charge in [-0.15, -0.1) is 0 Å². The van der Waals surface area contributed by atoms with E-state index in [2.05, 4.69) is 5.10 Å². The Kier molecular flexibility index (Phi) is 4.38. The molecule has 1 atom stereocenters. The summed E-state index contributed by atoms with van der Waals surface area (Å²) in [5.74, 6) is -0.127. The van der Waals surface area contributed by atoms with Crippen molar-refractivity contribution in [2.75, 3.05) is 24.5 Å². The van der Waals surface area contributed by atoms with Gasteiger partial charge in [0.25, 0.3) is 0 Å². The standard InChI is InChI=1S/C18H22N4O2/c1-13-4-6-16(7-5-13)21-9-8-20(12-17(21)23)18(24)15(3)22-11-14(2)10-19-22/h4-7,10-11,15H,8-9,12H2,1-3H3/t15-/m1/s1. The van der Waals surface area contributed by atoms with E-state index in [1.165, 1.54) is 0 Å². The van der Waals surface area contributed by atoms with E-state index in [9.17, 15) is 9.59 Å². The highest BCUT2D eigenvalue weighted by Gasteiger charge is 2.31. The van der Waals surface area contributed by atoms with Gasteiger partial charge >= 0.3 is 0 Å². The Labute approximate surface area is 141 Å². The van der Waals surface area contributed by atoms with Gasteiger partial charge in [0.1, 0.15) is 12.6 Å². The molecule has 24 heavy (non-hydrogen) atoms. The van der Waals surface area contributed by atoms with Crippen molar-refractivity contribution in [1.82, 2.24) is 14.7 Å². The molecule has 1 aromatic heterocycles. The Morgan fingerprint density at radius 3 is 2.42 bits per heavy atom. The maximum atomic E-state index is 12.6. The lowest BCUT2D eigenvalue weighted by atomic mass is 10.2. The zero-order valence-electron chi connectivity index (χ0n) is 14.3. The second-order valence-corrected chi connectivity index (χ2v) is 6.31. The molecule has 6 heteroatoms. The van der Waals surface area contributed by atoms with Crippen LogP contribution >= 0.6 is 0 Å². The normalized spacial score (nSPS) is 16.4. The minimum atomic E-state index is -0.405. The van der Waals surface area contributed by atoms with Crippen LogP contribution in [0.1, 0.15) is 24.1 Å². The fourth-order valence-electron chi connectivity index (χ4n) is 2.88. The molecule has 0 spiro atoms. The van der Waals surface area contributed by atoms with E-state index in [-0.39, 0.29) is 18.4 Å². The fraction of sp³-hybridized carbons (Fsp3) is 0.389. The van der Waals surface area contributed by atoms with Crippen LogP contribution in [0.4, 0.5) is 5.69 Å². The Bertz CT molecular complexity index is 751. The fourth-order valence-corrected chi connectivity index (χ4v) is 2.88. The van der Waals surface area contributed by atoms with E-state index < -0.39 is 6.04 Å². The van der Waals surface area contributed by atoms with Crippen molar-refractivity contribution >= 4 is 17.5 Å². The van der Waals surface area contributed by atoms with E-state index in [1.807, 2.05) is 51.2 Å². The first-order chi connectivity index (χ1) is 11.5. The van der Waals surface area contributed by atoms with Gasteiger partial charge in [-0.3, -0.25) is 14.3 Å². The molecule has 0 aliphatic carbocycles. The first-order valence-electron chi connectivity index (χ1n) is 8.12. The molecule has 3 rings (SSSR count). The van der Waals surface area contributed by atoms with Gasteiger partial charge in [-0.05, 0) is 38.5 Å². The van der Waals surface area contributed by atoms with Crippen molar-refractivity contribution in [1.29, 1.82) is 0 Å². The summed E-state index contributed by atoms with van der Waals surface area (Å²) in [6.07, 6.45) is 3.57. The summed E-state index contributed by atoms with van der Waals surface area (Å²) in [5, 5.41) is 4.20. The highest BCUT2D eigenvalue weighted by atomic mass is 16.2. The summed E-state index contributed by atoms with van der Waals surface area (Å²) in [7, 11) is 0. The summed E-state index contributed by atoms with van der Waals surface area (Å²) in [6, 6.07) is 7.46. The predicted molar refractivity (Wildman–Crippen MR) is 91.8 cm³/mol. The average Bonchev–Trinajstić information content (AvgIpc) is 3.01. The third kappa shape index (κ3) is 3.18. The van der Waals surface area contributed by atoms with Crippen molar-refractivity contribution in [2.24, 2.45) is 0 Å². The van der Waals surface area contributed by atoms with Gasteiger partial charge in [0.2, 0.25) is 11.8 Å². The maximum absolute atomic E-state index is 12.6. The van der Waals surface area contributed by atoms with E-state index >= 15 is 0 Å². The summed E-state index contributed by atoms with van der Waals surface area (Å²) in [4.78, 5) is 28.5. The molecular weight excluding hydrogens is 304 g/mol. The van der Waals surface area contributed by atoms with Crippen LogP contribution in [0.25, 0.3) is 0 Å². The summed E-state index contributed by atoms with van der Waals surface area (Å²) in [5.41, 5.74) is 3.05. The number of anilines is 1. The topological polar surface area (TPSA) is 58.4 Å². The molecule has 1 aliphatic rings. The third-order valence-corrected chi connectivity index (χ3v) is 4.36. The summed E-state index contributed by atoms with van der Waals surface area (Å²) in [6.45, 7) is 6.91. The SMILES string of the molecule is Cc1ccc(N2CCN(C(=O)[C@@H](C)n3cc(C)cn3)CC2=O)cc1.